The van der Waals surface area contributed by atoms with E-state index >= 15 is 0 Å². The van der Waals surface area contributed by atoms with Gasteiger partial charge in [0.15, 0.2) is 0 Å². The SMILES string of the molecule is CC1=CC2OCC(C)C2C=C1. The molecule has 1 nitrogen and oxygen atoms in total. The van der Waals surface area contributed by atoms with E-state index in [0.29, 0.717) is 17.9 Å². The second kappa shape index (κ2) is 2.49. The van der Waals surface area contributed by atoms with E-state index in [1.54, 1.807) is 0 Å². The Hall–Kier alpha value is -0.560. The predicted molar refractivity (Wildman–Crippen MR) is 45.3 cm³/mol. The summed E-state index contributed by atoms with van der Waals surface area (Å²) in [4.78, 5) is 0. The summed E-state index contributed by atoms with van der Waals surface area (Å²) >= 11 is 0. The summed E-state index contributed by atoms with van der Waals surface area (Å²) in [6.07, 6.45) is 7.09. The zero-order valence-corrected chi connectivity index (χ0v) is 7.08. The molecular formula is C10H14O. The van der Waals surface area contributed by atoms with Crippen molar-refractivity contribution in [1.29, 1.82) is 0 Å². The first kappa shape index (κ1) is 7.11. The molecule has 0 amide bonds. The Morgan fingerprint density at radius 2 is 2.36 bits per heavy atom. The van der Waals surface area contributed by atoms with Crippen LogP contribution >= 0.6 is 0 Å². The lowest BCUT2D eigenvalue weighted by molar-refractivity contribution is 0.131. The van der Waals surface area contributed by atoms with Crippen LogP contribution < -0.4 is 0 Å². The van der Waals surface area contributed by atoms with E-state index in [2.05, 4.69) is 32.1 Å². The Labute approximate surface area is 67.7 Å². The molecule has 3 atom stereocenters. The molecule has 3 unspecified atom stereocenters. The fourth-order valence-corrected chi connectivity index (χ4v) is 1.84. The van der Waals surface area contributed by atoms with Crippen LogP contribution in [-0.2, 0) is 4.74 Å². The van der Waals surface area contributed by atoms with Crippen LogP contribution in [0.1, 0.15) is 13.8 Å². The fourth-order valence-electron chi connectivity index (χ4n) is 1.84. The first-order valence-corrected chi connectivity index (χ1v) is 4.25. The van der Waals surface area contributed by atoms with Crippen molar-refractivity contribution in [3.63, 3.8) is 0 Å². The van der Waals surface area contributed by atoms with Crippen LogP contribution in [0.3, 0.4) is 0 Å². The monoisotopic (exact) mass is 150 g/mol. The van der Waals surface area contributed by atoms with Crippen molar-refractivity contribution >= 4 is 0 Å². The smallest absolute Gasteiger partial charge is 0.0827 e. The van der Waals surface area contributed by atoms with Crippen molar-refractivity contribution in [3.8, 4) is 0 Å². The van der Waals surface area contributed by atoms with E-state index < -0.39 is 0 Å². The maximum Gasteiger partial charge on any atom is 0.0827 e. The summed E-state index contributed by atoms with van der Waals surface area (Å²) < 4.78 is 5.61. The van der Waals surface area contributed by atoms with Crippen LogP contribution in [-0.4, -0.2) is 12.7 Å². The highest BCUT2D eigenvalue weighted by molar-refractivity contribution is 5.26. The molecular weight excluding hydrogens is 136 g/mol. The highest BCUT2D eigenvalue weighted by Crippen LogP contribution is 2.32. The van der Waals surface area contributed by atoms with Crippen LogP contribution in [0.5, 0.6) is 0 Å². The van der Waals surface area contributed by atoms with Gasteiger partial charge in [-0.05, 0) is 12.8 Å². The minimum atomic E-state index is 0.370. The average Bonchev–Trinajstić information content (AvgIpc) is 2.32. The van der Waals surface area contributed by atoms with Gasteiger partial charge in [-0.3, -0.25) is 0 Å². The number of allylic oxidation sites excluding steroid dienone is 2. The third-order valence-electron chi connectivity index (χ3n) is 2.60. The molecule has 0 bridgehead atoms. The summed E-state index contributed by atoms with van der Waals surface area (Å²) in [5.74, 6) is 1.33. The van der Waals surface area contributed by atoms with Gasteiger partial charge < -0.3 is 4.74 Å². The molecule has 0 radical (unpaired) electrons. The highest BCUT2D eigenvalue weighted by atomic mass is 16.5. The van der Waals surface area contributed by atoms with Gasteiger partial charge in [-0.25, -0.2) is 0 Å². The molecule has 1 aliphatic heterocycles. The number of hydrogen-bond acceptors (Lipinski definition) is 1. The van der Waals surface area contributed by atoms with Gasteiger partial charge in [0.1, 0.15) is 0 Å². The normalized spacial score (nSPS) is 42.0. The number of ether oxygens (including phenoxy) is 1. The molecule has 11 heavy (non-hydrogen) atoms. The van der Waals surface area contributed by atoms with Gasteiger partial charge in [-0.2, -0.15) is 0 Å². The Kier molecular flexibility index (Phi) is 1.61. The molecule has 0 aromatic rings. The van der Waals surface area contributed by atoms with Gasteiger partial charge in [-0.15, -0.1) is 0 Å². The van der Waals surface area contributed by atoms with Crippen LogP contribution in [0.15, 0.2) is 23.8 Å². The van der Waals surface area contributed by atoms with Gasteiger partial charge in [-0.1, -0.05) is 30.7 Å². The lowest BCUT2D eigenvalue weighted by Gasteiger charge is -2.18. The minimum Gasteiger partial charge on any atom is -0.373 e. The first-order valence-electron chi connectivity index (χ1n) is 4.25. The van der Waals surface area contributed by atoms with E-state index in [-0.39, 0.29) is 0 Å². The van der Waals surface area contributed by atoms with Crippen LogP contribution in [0.2, 0.25) is 0 Å². The summed E-state index contributed by atoms with van der Waals surface area (Å²) in [6, 6.07) is 0. The molecule has 0 aromatic heterocycles. The summed E-state index contributed by atoms with van der Waals surface area (Å²) in [5.41, 5.74) is 1.33. The molecule has 1 heteroatoms. The van der Waals surface area contributed by atoms with Crippen LogP contribution in [0, 0.1) is 11.8 Å². The molecule has 2 rings (SSSR count). The molecule has 0 spiro atoms. The second-order valence-corrected chi connectivity index (χ2v) is 3.62. The first-order chi connectivity index (χ1) is 5.27. The molecule has 0 N–H and O–H groups in total. The van der Waals surface area contributed by atoms with Crippen molar-refractivity contribution < 1.29 is 4.74 Å². The number of rotatable bonds is 0. The number of fused-ring (bicyclic) bond motifs is 1. The zero-order valence-electron chi connectivity index (χ0n) is 7.08. The Morgan fingerprint density at radius 1 is 1.55 bits per heavy atom. The van der Waals surface area contributed by atoms with Crippen LogP contribution in [0.25, 0.3) is 0 Å². The maximum atomic E-state index is 5.61. The Morgan fingerprint density at radius 3 is 3.18 bits per heavy atom. The number of hydrogen-bond donors (Lipinski definition) is 0. The van der Waals surface area contributed by atoms with Crippen molar-refractivity contribution in [2.45, 2.75) is 20.0 Å². The van der Waals surface area contributed by atoms with Crippen LogP contribution in [0.4, 0.5) is 0 Å². The summed E-state index contributed by atoms with van der Waals surface area (Å²) in [6.45, 7) is 5.30. The van der Waals surface area contributed by atoms with Gasteiger partial charge in [0.25, 0.3) is 0 Å². The molecule has 60 valence electrons. The van der Waals surface area contributed by atoms with Crippen molar-refractivity contribution in [3.05, 3.63) is 23.8 Å². The predicted octanol–water partition coefficient (Wildman–Crippen LogP) is 2.15. The van der Waals surface area contributed by atoms with E-state index in [1.807, 2.05) is 0 Å². The molecule has 1 heterocycles. The molecule has 2 aliphatic rings. The van der Waals surface area contributed by atoms with Crippen molar-refractivity contribution in [2.24, 2.45) is 11.8 Å². The van der Waals surface area contributed by atoms with Crippen molar-refractivity contribution in [1.82, 2.24) is 0 Å². The van der Waals surface area contributed by atoms with Gasteiger partial charge in [0.05, 0.1) is 12.7 Å². The molecule has 0 aromatic carbocycles. The average molecular weight is 150 g/mol. The lowest BCUT2D eigenvalue weighted by Crippen LogP contribution is -2.17. The molecule has 1 aliphatic carbocycles. The third-order valence-corrected chi connectivity index (χ3v) is 2.60. The van der Waals surface area contributed by atoms with Crippen molar-refractivity contribution in [2.75, 3.05) is 6.61 Å². The minimum absolute atomic E-state index is 0.370. The van der Waals surface area contributed by atoms with E-state index in [4.69, 9.17) is 4.74 Å². The molecule has 1 fully saturated rings. The lowest BCUT2D eigenvalue weighted by atomic mass is 9.87. The second-order valence-electron chi connectivity index (χ2n) is 3.62. The fraction of sp³-hybridized carbons (Fsp3) is 0.600. The van der Waals surface area contributed by atoms with E-state index in [0.717, 1.165) is 6.61 Å². The molecule has 0 saturated carbocycles. The molecule has 1 saturated heterocycles. The largest absolute Gasteiger partial charge is 0.373 e. The highest BCUT2D eigenvalue weighted by Gasteiger charge is 2.32. The van der Waals surface area contributed by atoms with Gasteiger partial charge in [0, 0.05) is 5.92 Å². The Balaban J connectivity index is 2.21. The van der Waals surface area contributed by atoms with E-state index in [1.165, 1.54) is 5.57 Å². The summed E-state index contributed by atoms with van der Waals surface area (Å²) in [5, 5.41) is 0. The summed E-state index contributed by atoms with van der Waals surface area (Å²) in [7, 11) is 0. The Bertz CT molecular complexity index is 215. The van der Waals surface area contributed by atoms with E-state index in [9.17, 15) is 0 Å². The van der Waals surface area contributed by atoms with Gasteiger partial charge in [0.2, 0.25) is 0 Å². The quantitative estimate of drug-likeness (QED) is 0.514. The maximum absolute atomic E-state index is 5.61. The topological polar surface area (TPSA) is 9.23 Å². The standard InChI is InChI=1S/C10H14O/c1-7-3-4-9-8(2)6-11-10(9)5-7/h3-5,8-10H,6H2,1-2H3. The zero-order chi connectivity index (χ0) is 7.84. The van der Waals surface area contributed by atoms with Gasteiger partial charge >= 0.3 is 0 Å². The third kappa shape index (κ3) is 1.14.